The highest BCUT2D eigenvalue weighted by Gasteiger charge is 2.21. The van der Waals surface area contributed by atoms with Crippen molar-refractivity contribution in [1.82, 2.24) is 0 Å². The zero-order chi connectivity index (χ0) is 13.9. The minimum atomic E-state index is -1.22. The molecule has 0 bridgehead atoms. The second kappa shape index (κ2) is 5.46. The zero-order valence-corrected chi connectivity index (χ0v) is 10.0. The summed E-state index contributed by atoms with van der Waals surface area (Å²) in [5, 5.41) is 19.6. The van der Waals surface area contributed by atoms with Gasteiger partial charge >= 0.3 is 5.97 Å². The Labute approximate surface area is 103 Å². The van der Waals surface area contributed by atoms with Crippen LogP contribution >= 0.6 is 0 Å². The smallest absolute Gasteiger partial charge is 0.346 e. The van der Waals surface area contributed by atoms with Gasteiger partial charge in [0.05, 0.1) is 11.0 Å². The van der Waals surface area contributed by atoms with Crippen molar-refractivity contribution in [3.63, 3.8) is 0 Å². The highest BCUT2D eigenvalue weighted by molar-refractivity contribution is 5.73. The molecule has 0 fully saturated rings. The van der Waals surface area contributed by atoms with E-state index in [2.05, 4.69) is 0 Å². The van der Waals surface area contributed by atoms with E-state index in [9.17, 15) is 14.9 Å². The topological polar surface area (TPSA) is 116 Å². The number of hydrogen-bond donors (Lipinski definition) is 2. The predicted molar refractivity (Wildman–Crippen MR) is 63.7 cm³/mol. The van der Waals surface area contributed by atoms with E-state index in [0.29, 0.717) is 11.1 Å². The van der Waals surface area contributed by atoms with Crippen LogP contribution < -0.4 is 10.5 Å². The van der Waals surface area contributed by atoms with Gasteiger partial charge in [0, 0.05) is 12.1 Å². The van der Waals surface area contributed by atoms with E-state index in [-0.39, 0.29) is 18.0 Å². The van der Waals surface area contributed by atoms with Gasteiger partial charge in [-0.1, -0.05) is 0 Å². The van der Waals surface area contributed by atoms with E-state index in [1.165, 1.54) is 6.07 Å². The van der Waals surface area contributed by atoms with Gasteiger partial charge in [0.1, 0.15) is 5.75 Å². The normalized spacial score (nSPS) is 11.9. The number of aryl methyl sites for hydroxylation is 2. The Morgan fingerprint density at radius 2 is 2.11 bits per heavy atom. The molecule has 0 heterocycles. The van der Waals surface area contributed by atoms with Crippen LogP contribution in [-0.4, -0.2) is 28.6 Å². The number of nitro groups is 1. The van der Waals surface area contributed by atoms with Crippen molar-refractivity contribution in [2.75, 3.05) is 6.54 Å². The lowest BCUT2D eigenvalue weighted by molar-refractivity contribution is -0.385. The third-order valence-electron chi connectivity index (χ3n) is 2.45. The molecule has 1 atom stereocenters. The lowest BCUT2D eigenvalue weighted by Crippen LogP contribution is -2.34. The summed E-state index contributed by atoms with van der Waals surface area (Å²) in [5.74, 6) is -1.05. The van der Waals surface area contributed by atoms with Gasteiger partial charge in [0.2, 0.25) is 6.10 Å². The highest BCUT2D eigenvalue weighted by atomic mass is 16.6. The second-order valence-corrected chi connectivity index (χ2v) is 3.84. The maximum atomic E-state index is 10.8. The quantitative estimate of drug-likeness (QED) is 0.598. The third-order valence-corrected chi connectivity index (χ3v) is 2.45. The number of rotatable bonds is 5. The molecule has 3 N–H and O–H groups in total. The fourth-order valence-corrected chi connectivity index (χ4v) is 1.50. The molecule has 0 aliphatic heterocycles. The molecule has 0 aromatic heterocycles. The highest BCUT2D eigenvalue weighted by Crippen LogP contribution is 2.28. The minimum absolute atomic E-state index is 0.114. The first-order valence-electron chi connectivity index (χ1n) is 5.22. The molecule has 18 heavy (non-hydrogen) atoms. The van der Waals surface area contributed by atoms with Crippen LogP contribution in [-0.2, 0) is 4.79 Å². The molecule has 0 saturated carbocycles. The summed E-state index contributed by atoms with van der Waals surface area (Å²) in [6, 6.07) is 2.79. The third kappa shape index (κ3) is 2.95. The standard InChI is InChI=1S/C11H14N2O5/c1-6-3-7(2)9(4-8(6)13(16)17)18-10(5-12)11(14)15/h3-4,10H,5,12H2,1-2H3,(H,14,15). The molecule has 1 aromatic rings. The Hall–Kier alpha value is -2.15. The van der Waals surface area contributed by atoms with Crippen molar-refractivity contribution < 1.29 is 19.6 Å². The van der Waals surface area contributed by atoms with E-state index in [4.69, 9.17) is 15.6 Å². The predicted octanol–water partition coefficient (Wildman–Crippen LogP) is 1.00. The van der Waals surface area contributed by atoms with Crippen LogP contribution in [0.1, 0.15) is 11.1 Å². The average molecular weight is 254 g/mol. The molecule has 0 spiro atoms. The molecule has 1 aromatic carbocycles. The Bertz CT molecular complexity index is 487. The number of carbonyl (C=O) groups is 1. The molecule has 1 rings (SSSR count). The number of hydrogen-bond acceptors (Lipinski definition) is 5. The second-order valence-electron chi connectivity index (χ2n) is 3.84. The van der Waals surface area contributed by atoms with Crippen LogP contribution in [0.15, 0.2) is 12.1 Å². The number of nitrogens with zero attached hydrogens (tertiary/aromatic N) is 1. The van der Waals surface area contributed by atoms with E-state index in [1.807, 2.05) is 0 Å². The summed E-state index contributed by atoms with van der Waals surface area (Å²) < 4.78 is 5.17. The number of carboxylic acids is 1. The number of aliphatic carboxylic acids is 1. The number of ether oxygens (including phenoxy) is 1. The van der Waals surface area contributed by atoms with Crippen molar-refractivity contribution >= 4 is 11.7 Å². The summed E-state index contributed by atoms with van der Waals surface area (Å²) in [6.45, 7) is 3.07. The van der Waals surface area contributed by atoms with Crippen molar-refractivity contribution in [1.29, 1.82) is 0 Å². The van der Waals surface area contributed by atoms with Crippen molar-refractivity contribution in [3.05, 3.63) is 33.4 Å². The molecule has 0 aliphatic rings. The van der Waals surface area contributed by atoms with Gasteiger partial charge in [-0.3, -0.25) is 10.1 Å². The first-order chi connectivity index (χ1) is 8.36. The van der Waals surface area contributed by atoms with Crippen LogP contribution in [0.3, 0.4) is 0 Å². The summed E-state index contributed by atoms with van der Waals surface area (Å²) in [4.78, 5) is 21.0. The van der Waals surface area contributed by atoms with Crippen molar-refractivity contribution in [3.8, 4) is 5.75 Å². The molecule has 0 amide bonds. The molecule has 0 saturated heterocycles. The summed E-state index contributed by atoms with van der Waals surface area (Å²) in [5.41, 5.74) is 6.26. The molecule has 98 valence electrons. The molecule has 7 heteroatoms. The first kappa shape index (κ1) is 13.9. The Morgan fingerprint density at radius 1 is 1.50 bits per heavy atom. The molecular weight excluding hydrogens is 240 g/mol. The van der Waals surface area contributed by atoms with Gasteiger partial charge in [0.15, 0.2) is 0 Å². The number of nitrogens with two attached hydrogens (primary N) is 1. The van der Waals surface area contributed by atoms with Crippen LogP contribution in [0.25, 0.3) is 0 Å². The van der Waals surface area contributed by atoms with Crippen molar-refractivity contribution in [2.24, 2.45) is 5.73 Å². The zero-order valence-electron chi connectivity index (χ0n) is 10.0. The van der Waals surface area contributed by atoms with Gasteiger partial charge in [-0.05, 0) is 25.5 Å². The SMILES string of the molecule is Cc1cc(C)c([N+](=O)[O-])cc1OC(CN)C(=O)O. The first-order valence-corrected chi connectivity index (χ1v) is 5.22. The van der Waals surface area contributed by atoms with E-state index < -0.39 is 17.0 Å². The summed E-state index contributed by atoms with van der Waals surface area (Å²) in [6.07, 6.45) is -1.22. The Morgan fingerprint density at radius 3 is 2.56 bits per heavy atom. The maximum Gasteiger partial charge on any atom is 0.346 e. The van der Waals surface area contributed by atoms with Crippen LogP contribution in [0.5, 0.6) is 5.75 Å². The van der Waals surface area contributed by atoms with Gasteiger partial charge in [-0.2, -0.15) is 0 Å². The molecule has 1 unspecified atom stereocenters. The van der Waals surface area contributed by atoms with E-state index in [1.54, 1.807) is 19.9 Å². The van der Waals surface area contributed by atoms with Crippen molar-refractivity contribution in [2.45, 2.75) is 20.0 Å². The van der Waals surface area contributed by atoms with Gasteiger partial charge in [-0.15, -0.1) is 0 Å². The lowest BCUT2D eigenvalue weighted by Gasteiger charge is -2.15. The molecular formula is C11H14N2O5. The monoisotopic (exact) mass is 254 g/mol. The van der Waals surface area contributed by atoms with Gasteiger partial charge in [0.25, 0.3) is 5.69 Å². The summed E-state index contributed by atoms with van der Waals surface area (Å²) in [7, 11) is 0. The number of nitro benzene ring substituents is 1. The lowest BCUT2D eigenvalue weighted by atomic mass is 10.1. The molecule has 0 radical (unpaired) electrons. The van der Waals surface area contributed by atoms with Crippen LogP contribution in [0, 0.1) is 24.0 Å². The minimum Gasteiger partial charge on any atom is -0.478 e. The van der Waals surface area contributed by atoms with E-state index in [0.717, 1.165) is 0 Å². The van der Waals surface area contributed by atoms with E-state index >= 15 is 0 Å². The fraction of sp³-hybridized carbons (Fsp3) is 0.364. The average Bonchev–Trinajstić information content (AvgIpc) is 2.26. The van der Waals surface area contributed by atoms with Gasteiger partial charge < -0.3 is 15.6 Å². The Kier molecular flexibility index (Phi) is 4.22. The van der Waals surface area contributed by atoms with Crippen LogP contribution in [0.2, 0.25) is 0 Å². The van der Waals surface area contributed by atoms with Gasteiger partial charge in [-0.25, -0.2) is 4.79 Å². The Balaban J connectivity index is 3.12. The molecule has 7 nitrogen and oxygen atoms in total. The van der Waals surface area contributed by atoms with Crippen LogP contribution in [0.4, 0.5) is 5.69 Å². The number of benzene rings is 1. The summed E-state index contributed by atoms with van der Waals surface area (Å²) >= 11 is 0. The fourth-order valence-electron chi connectivity index (χ4n) is 1.50. The molecule has 0 aliphatic carbocycles. The largest absolute Gasteiger partial charge is 0.478 e. The number of carboxylic acid groups (broad SMARTS) is 1. The maximum absolute atomic E-state index is 10.8.